The number of amides is 1. The lowest BCUT2D eigenvalue weighted by Gasteiger charge is -2.23. The Morgan fingerprint density at radius 3 is 2.28 bits per heavy atom. The van der Waals surface area contributed by atoms with Crippen LogP contribution in [0.2, 0.25) is 0 Å². The van der Waals surface area contributed by atoms with Crippen LogP contribution in [-0.2, 0) is 20.7 Å². The average Bonchev–Trinajstić information content (AvgIpc) is 2.67. The number of hydrogen-bond acceptors (Lipinski definition) is 5. The van der Waals surface area contributed by atoms with Gasteiger partial charge in [-0.05, 0) is 44.9 Å². The highest BCUT2D eigenvalue weighted by Gasteiger charge is 2.25. The standard InChI is InChI=1S/C23H29NO5/c1-6-28-21(25)19(24-22(26)29-23(2,3)4)15-16-11-13-17(14-12-16)18-9-7-8-10-20(18)27-5/h7-14,19H,6,15H2,1-5H3,(H,24,26). The first-order valence-electron chi connectivity index (χ1n) is 9.62. The van der Waals surface area contributed by atoms with Crippen LogP contribution in [0.3, 0.4) is 0 Å². The van der Waals surface area contributed by atoms with Gasteiger partial charge in [0, 0.05) is 12.0 Å². The number of alkyl carbamates (subject to hydrolysis) is 1. The van der Waals surface area contributed by atoms with Crippen LogP contribution in [0.4, 0.5) is 4.79 Å². The SMILES string of the molecule is CCOC(=O)C(Cc1ccc(-c2ccccc2OC)cc1)NC(=O)OC(C)(C)C. The maximum Gasteiger partial charge on any atom is 0.408 e. The molecule has 6 heteroatoms. The van der Waals surface area contributed by atoms with Crippen molar-refractivity contribution >= 4 is 12.1 Å². The van der Waals surface area contributed by atoms with Gasteiger partial charge in [-0.2, -0.15) is 0 Å². The number of esters is 1. The molecule has 0 spiro atoms. The van der Waals surface area contributed by atoms with Crippen molar-refractivity contribution in [1.29, 1.82) is 0 Å². The summed E-state index contributed by atoms with van der Waals surface area (Å²) in [5.41, 5.74) is 2.21. The van der Waals surface area contributed by atoms with E-state index in [1.807, 2.05) is 48.5 Å². The van der Waals surface area contributed by atoms with Crippen LogP contribution in [0.1, 0.15) is 33.3 Å². The Morgan fingerprint density at radius 1 is 1.03 bits per heavy atom. The Kier molecular flexibility index (Phi) is 7.65. The van der Waals surface area contributed by atoms with Crippen LogP contribution in [0, 0.1) is 0 Å². The van der Waals surface area contributed by atoms with Crippen molar-refractivity contribution < 1.29 is 23.8 Å². The normalized spacial score (nSPS) is 12.0. The summed E-state index contributed by atoms with van der Waals surface area (Å²) in [7, 11) is 1.64. The highest BCUT2D eigenvalue weighted by molar-refractivity contribution is 5.82. The molecule has 1 N–H and O–H groups in total. The number of para-hydroxylation sites is 1. The first kappa shape index (κ1) is 22.3. The van der Waals surface area contributed by atoms with E-state index in [9.17, 15) is 9.59 Å². The first-order valence-corrected chi connectivity index (χ1v) is 9.62. The van der Waals surface area contributed by atoms with E-state index in [0.29, 0.717) is 6.42 Å². The quantitative estimate of drug-likeness (QED) is 0.700. The molecule has 0 aromatic heterocycles. The van der Waals surface area contributed by atoms with Gasteiger partial charge >= 0.3 is 12.1 Å². The number of nitrogens with one attached hydrogen (secondary N) is 1. The van der Waals surface area contributed by atoms with Crippen LogP contribution < -0.4 is 10.1 Å². The van der Waals surface area contributed by atoms with Gasteiger partial charge in [-0.15, -0.1) is 0 Å². The predicted octanol–water partition coefficient (Wildman–Crippen LogP) is 4.36. The van der Waals surface area contributed by atoms with Crippen molar-refractivity contribution in [2.75, 3.05) is 13.7 Å². The van der Waals surface area contributed by atoms with Crippen LogP contribution in [0.25, 0.3) is 11.1 Å². The zero-order valence-electron chi connectivity index (χ0n) is 17.7. The van der Waals surface area contributed by atoms with Gasteiger partial charge in [0.25, 0.3) is 0 Å². The summed E-state index contributed by atoms with van der Waals surface area (Å²) in [5.74, 6) is 0.295. The molecule has 0 aliphatic carbocycles. The third-order valence-corrected chi connectivity index (χ3v) is 4.07. The molecule has 1 unspecified atom stereocenters. The van der Waals surface area contributed by atoms with E-state index >= 15 is 0 Å². The number of hydrogen-bond donors (Lipinski definition) is 1. The maximum absolute atomic E-state index is 12.3. The van der Waals surface area contributed by atoms with E-state index in [0.717, 1.165) is 22.4 Å². The lowest BCUT2D eigenvalue weighted by molar-refractivity contribution is -0.145. The smallest absolute Gasteiger partial charge is 0.408 e. The van der Waals surface area contributed by atoms with Gasteiger partial charge < -0.3 is 19.5 Å². The molecule has 1 amide bonds. The fraction of sp³-hybridized carbons (Fsp3) is 0.391. The van der Waals surface area contributed by atoms with Gasteiger partial charge in [0.15, 0.2) is 0 Å². The molecule has 0 fully saturated rings. The Bertz CT molecular complexity index is 824. The summed E-state index contributed by atoms with van der Waals surface area (Å²) in [6, 6.07) is 14.7. The highest BCUT2D eigenvalue weighted by atomic mass is 16.6. The largest absolute Gasteiger partial charge is 0.496 e. The Labute approximate surface area is 172 Å². The second-order valence-corrected chi connectivity index (χ2v) is 7.55. The molecule has 29 heavy (non-hydrogen) atoms. The van der Waals surface area contributed by atoms with Crippen LogP contribution in [-0.4, -0.2) is 37.4 Å². The fourth-order valence-corrected chi connectivity index (χ4v) is 2.83. The predicted molar refractivity (Wildman–Crippen MR) is 112 cm³/mol. The van der Waals surface area contributed by atoms with Crippen molar-refractivity contribution in [3.8, 4) is 16.9 Å². The molecule has 2 aromatic rings. The van der Waals surface area contributed by atoms with Crippen LogP contribution >= 0.6 is 0 Å². The molecule has 156 valence electrons. The summed E-state index contributed by atoms with van der Waals surface area (Å²) < 4.78 is 15.8. The molecule has 0 saturated heterocycles. The van der Waals surface area contributed by atoms with E-state index in [-0.39, 0.29) is 6.61 Å². The van der Waals surface area contributed by atoms with Gasteiger partial charge in [-0.1, -0.05) is 42.5 Å². The molecule has 0 saturated carbocycles. The number of methoxy groups -OCH3 is 1. The highest BCUT2D eigenvalue weighted by Crippen LogP contribution is 2.29. The minimum absolute atomic E-state index is 0.234. The van der Waals surface area contributed by atoms with Crippen LogP contribution in [0.15, 0.2) is 48.5 Å². The van der Waals surface area contributed by atoms with E-state index in [1.165, 1.54) is 0 Å². The summed E-state index contributed by atoms with van der Waals surface area (Å²) in [4.78, 5) is 24.4. The van der Waals surface area contributed by atoms with Crippen LogP contribution in [0.5, 0.6) is 5.75 Å². The molecule has 1 atom stereocenters. The summed E-state index contributed by atoms with van der Waals surface area (Å²) >= 11 is 0. The molecular weight excluding hydrogens is 370 g/mol. The minimum atomic E-state index is -0.832. The van der Waals surface area contributed by atoms with Crippen molar-refractivity contribution in [2.24, 2.45) is 0 Å². The topological polar surface area (TPSA) is 73.9 Å². The molecule has 2 rings (SSSR count). The number of benzene rings is 2. The van der Waals surface area contributed by atoms with Gasteiger partial charge in [-0.3, -0.25) is 0 Å². The molecule has 0 bridgehead atoms. The van der Waals surface area contributed by atoms with Crippen molar-refractivity contribution in [2.45, 2.75) is 45.8 Å². The van der Waals surface area contributed by atoms with Gasteiger partial charge in [0.05, 0.1) is 13.7 Å². The summed E-state index contributed by atoms with van der Waals surface area (Å²) in [6.45, 7) is 7.26. The van der Waals surface area contributed by atoms with Gasteiger partial charge in [0.2, 0.25) is 0 Å². The minimum Gasteiger partial charge on any atom is -0.496 e. The summed E-state index contributed by atoms with van der Waals surface area (Å²) in [5, 5.41) is 2.62. The molecule has 0 radical (unpaired) electrons. The van der Waals surface area contributed by atoms with Crippen molar-refractivity contribution in [3.63, 3.8) is 0 Å². The second-order valence-electron chi connectivity index (χ2n) is 7.55. The number of carbonyl (C=O) groups excluding carboxylic acids is 2. The van der Waals surface area contributed by atoms with E-state index in [1.54, 1.807) is 34.8 Å². The van der Waals surface area contributed by atoms with Crippen molar-refractivity contribution in [3.05, 3.63) is 54.1 Å². The maximum atomic E-state index is 12.3. The lowest BCUT2D eigenvalue weighted by atomic mass is 10.00. The number of ether oxygens (including phenoxy) is 3. The van der Waals surface area contributed by atoms with Gasteiger partial charge in [0.1, 0.15) is 17.4 Å². The Morgan fingerprint density at radius 2 is 1.69 bits per heavy atom. The monoisotopic (exact) mass is 399 g/mol. The molecule has 0 heterocycles. The second kappa shape index (κ2) is 9.96. The molecule has 0 aliphatic heterocycles. The van der Waals surface area contributed by atoms with Gasteiger partial charge in [-0.25, -0.2) is 9.59 Å². The lowest BCUT2D eigenvalue weighted by Crippen LogP contribution is -2.45. The molecule has 0 aliphatic rings. The molecule has 2 aromatic carbocycles. The average molecular weight is 399 g/mol. The third kappa shape index (κ3) is 6.82. The Hall–Kier alpha value is -3.02. The van der Waals surface area contributed by atoms with E-state index in [2.05, 4.69) is 5.32 Å². The third-order valence-electron chi connectivity index (χ3n) is 4.07. The first-order chi connectivity index (χ1) is 13.7. The number of carbonyl (C=O) groups is 2. The van der Waals surface area contributed by atoms with E-state index < -0.39 is 23.7 Å². The summed E-state index contributed by atoms with van der Waals surface area (Å²) in [6.07, 6.45) is -0.356. The van der Waals surface area contributed by atoms with Crippen molar-refractivity contribution in [1.82, 2.24) is 5.32 Å². The zero-order valence-corrected chi connectivity index (χ0v) is 17.7. The fourth-order valence-electron chi connectivity index (χ4n) is 2.83. The molecule has 6 nitrogen and oxygen atoms in total. The Balaban J connectivity index is 2.15. The molecular formula is C23H29NO5. The number of rotatable bonds is 7. The zero-order chi connectivity index (χ0) is 21.4. The van der Waals surface area contributed by atoms with E-state index in [4.69, 9.17) is 14.2 Å².